The minimum atomic E-state index is -0.0765. The van der Waals surface area contributed by atoms with Gasteiger partial charge in [0.2, 0.25) is 5.88 Å². The van der Waals surface area contributed by atoms with Crippen LogP contribution < -0.4 is 4.74 Å². The van der Waals surface area contributed by atoms with E-state index in [9.17, 15) is 9.90 Å². The summed E-state index contributed by atoms with van der Waals surface area (Å²) in [5.74, 6) is 0.704. The Bertz CT molecular complexity index is 742. The first-order chi connectivity index (χ1) is 12.1. The van der Waals surface area contributed by atoms with E-state index >= 15 is 0 Å². The van der Waals surface area contributed by atoms with Gasteiger partial charge in [-0.15, -0.1) is 0 Å². The number of benzene rings is 1. The lowest BCUT2D eigenvalue weighted by molar-refractivity contribution is 0.0574. The number of hydrogen-bond donors (Lipinski definition) is 1. The Morgan fingerprint density at radius 2 is 2.08 bits per heavy atom. The molecule has 1 aromatic heterocycles. The molecule has 1 aliphatic rings. The number of hydrogen-bond acceptors (Lipinski definition) is 4. The van der Waals surface area contributed by atoms with Gasteiger partial charge in [-0.25, -0.2) is 4.68 Å². The van der Waals surface area contributed by atoms with E-state index in [0.29, 0.717) is 30.2 Å². The highest BCUT2D eigenvalue weighted by atomic mass is 16.5. The van der Waals surface area contributed by atoms with E-state index in [1.165, 1.54) is 5.56 Å². The van der Waals surface area contributed by atoms with Crippen molar-refractivity contribution in [2.45, 2.75) is 19.3 Å². The molecule has 1 aliphatic heterocycles. The number of aromatic nitrogens is 2. The van der Waals surface area contributed by atoms with E-state index in [0.717, 1.165) is 6.42 Å². The lowest BCUT2D eigenvalue weighted by Gasteiger charge is -2.38. The lowest BCUT2D eigenvalue weighted by atomic mass is 9.81. The van der Waals surface area contributed by atoms with Crippen LogP contribution in [0.3, 0.4) is 0 Å². The molecule has 0 saturated carbocycles. The van der Waals surface area contributed by atoms with Crippen LogP contribution >= 0.6 is 0 Å². The number of rotatable bonds is 4. The summed E-state index contributed by atoms with van der Waals surface area (Å²) in [5, 5.41) is 14.2. The van der Waals surface area contributed by atoms with Gasteiger partial charge in [0.15, 0.2) is 0 Å². The van der Waals surface area contributed by atoms with Crippen LogP contribution in [-0.2, 0) is 7.05 Å². The molecule has 2 heterocycles. The van der Waals surface area contributed by atoms with Gasteiger partial charge in [-0.05, 0) is 24.8 Å². The van der Waals surface area contributed by atoms with Gasteiger partial charge in [-0.3, -0.25) is 4.79 Å². The molecule has 0 radical (unpaired) electrons. The Kier molecular flexibility index (Phi) is 5.08. The van der Waals surface area contributed by atoms with Crippen molar-refractivity contribution in [3.8, 4) is 5.88 Å². The minimum Gasteiger partial charge on any atom is -0.481 e. The van der Waals surface area contributed by atoms with Gasteiger partial charge in [0.05, 0.1) is 12.8 Å². The van der Waals surface area contributed by atoms with Crippen LogP contribution in [0.4, 0.5) is 0 Å². The Morgan fingerprint density at radius 3 is 2.72 bits per heavy atom. The zero-order valence-corrected chi connectivity index (χ0v) is 15.0. The molecule has 0 aliphatic carbocycles. The fourth-order valence-electron chi connectivity index (χ4n) is 3.82. The summed E-state index contributed by atoms with van der Waals surface area (Å²) in [5.41, 5.74) is 2.40. The van der Waals surface area contributed by atoms with Crippen molar-refractivity contribution in [1.29, 1.82) is 0 Å². The summed E-state index contributed by atoms with van der Waals surface area (Å²) in [7, 11) is 3.31. The topological polar surface area (TPSA) is 67.6 Å². The van der Waals surface area contributed by atoms with Gasteiger partial charge >= 0.3 is 0 Å². The van der Waals surface area contributed by atoms with Crippen LogP contribution in [0.1, 0.15) is 34.0 Å². The van der Waals surface area contributed by atoms with Crippen molar-refractivity contribution in [3.63, 3.8) is 0 Å². The number of likely N-dealkylation sites (tertiary alicyclic amines) is 1. The largest absolute Gasteiger partial charge is 0.481 e. The molecular weight excluding hydrogens is 318 g/mol. The molecule has 1 fully saturated rings. The second-order valence-corrected chi connectivity index (χ2v) is 6.59. The molecule has 0 bridgehead atoms. The molecule has 0 unspecified atom stereocenters. The maximum absolute atomic E-state index is 13.0. The number of nitrogens with zero attached hydrogens (tertiary/aromatic N) is 3. The Labute approximate surface area is 148 Å². The second kappa shape index (κ2) is 7.27. The quantitative estimate of drug-likeness (QED) is 0.922. The summed E-state index contributed by atoms with van der Waals surface area (Å²) in [6.45, 7) is 3.07. The average Bonchev–Trinajstić information content (AvgIpc) is 2.94. The molecule has 3 rings (SSSR count). The van der Waals surface area contributed by atoms with Crippen molar-refractivity contribution in [3.05, 3.63) is 47.2 Å². The van der Waals surface area contributed by atoms with E-state index < -0.39 is 0 Å². The predicted octanol–water partition coefficient (Wildman–Crippen LogP) is 1.98. The van der Waals surface area contributed by atoms with Crippen molar-refractivity contribution in [2.24, 2.45) is 13.0 Å². The zero-order valence-electron chi connectivity index (χ0n) is 15.0. The third-order valence-corrected chi connectivity index (χ3v) is 5.06. The van der Waals surface area contributed by atoms with Crippen molar-refractivity contribution in [2.75, 3.05) is 26.8 Å². The van der Waals surface area contributed by atoms with Crippen LogP contribution in [0.5, 0.6) is 5.88 Å². The smallest absolute Gasteiger partial charge is 0.261 e. The van der Waals surface area contributed by atoms with Crippen molar-refractivity contribution < 1.29 is 14.6 Å². The minimum absolute atomic E-state index is 0.0306. The van der Waals surface area contributed by atoms with Gasteiger partial charge in [-0.1, -0.05) is 30.3 Å². The summed E-state index contributed by atoms with van der Waals surface area (Å²) in [6, 6.07) is 10.2. The maximum Gasteiger partial charge on any atom is 0.261 e. The number of aliphatic hydroxyl groups excluding tert-OH is 1. The Morgan fingerprint density at radius 1 is 1.36 bits per heavy atom. The SMILES string of the molecule is COc1c(C(=O)N2CC[C@@H](c3ccccc3)[C@@H](CO)C2)c(C)nn1C. The summed E-state index contributed by atoms with van der Waals surface area (Å²) in [4.78, 5) is 14.8. The van der Waals surface area contributed by atoms with Gasteiger partial charge in [-0.2, -0.15) is 5.10 Å². The van der Waals surface area contributed by atoms with Gasteiger partial charge in [0, 0.05) is 32.7 Å². The molecule has 2 aromatic rings. The second-order valence-electron chi connectivity index (χ2n) is 6.59. The van der Waals surface area contributed by atoms with Crippen LogP contribution in [0.15, 0.2) is 30.3 Å². The van der Waals surface area contributed by atoms with Gasteiger partial charge < -0.3 is 14.7 Å². The van der Waals surface area contributed by atoms with E-state index in [4.69, 9.17) is 4.74 Å². The van der Waals surface area contributed by atoms with Crippen LogP contribution in [-0.4, -0.2) is 52.5 Å². The first-order valence-corrected chi connectivity index (χ1v) is 8.59. The zero-order chi connectivity index (χ0) is 18.0. The predicted molar refractivity (Wildman–Crippen MR) is 94.8 cm³/mol. The molecule has 1 N–H and O–H groups in total. The lowest BCUT2D eigenvalue weighted by Crippen LogP contribution is -2.44. The van der Waals surface area contributed by atoms with E-state index in [1.54, 1.807) is 18.8 Å². The molecule has 25 heavy (non-hydrogen) atoms. The molecule has 6 nitrogen and oxygen atoms in total. The van der Waals surface area contributed by atoms with Crippen LogP contribution in [0.2, 0.25) is 0 Å². The number of carbonyl (C=O) groups is 1. The van der Waals surface area contributed by atoms with Crippen molar-refractivity contribution >= 4 is 5.91 Å². The molecule has 1 saturated heterocycles. The molecule has 6 heteroatoms. The summed E-state index contributed by atoms with van der Waals surface area (Å²) < 4.78 is 6.94. The van der Waals surface area contributed by atoms with E-state index in [-0.39, 0.29) is 24.3 Å². The summed E-state index contributed by atoms with van der Waals surface area (Å²) in [6.07, 6.45) is 0.836. The maximum atomic E-state index is 13.0. The fraction of sp³-hybridized carbons (Fsp3) is 0.474. The molecule has 1 aromatic carbocycles. The van der Waals surface area contributed by atoms with Gasteiger partial charge in [0.25, 0.3) is 5.91 Å². The highest BCUT2D eigenvalue weighted by molar-refractivity contribution is 5.97. The molecule has 1 amide bonds. The third kappa shape index (κ3) is 3.26. The number of aryl methyl sites for hydroxylation is 2. The monoisotopic (exact) mass is 343 g/mol. The van der Waals surface area contributed by atoms with Crippen LogP contribution in [0.25, 0.3) is 0 Å². The first-order valence-electron chi connectivity index (χ1n) is 8.59. The molecule has 134 valence electrons. The standard InChI is InChI=1S/C19H25N3O3/c1-13-17(19(25-3)21(2)20-13)18(24)22-10-9-16(15(11-22)12-23)14-7-5-4-6-8-14/h4-8,15-16,23H,9-12H2,1-3H3/t15-,16+/m1/s1. The van der Waals surface area contributed by atoms with E-state index in [2.05, 4.69) is 17.2 Å². The van der Waals surface area contributed by atoms with Crippen LogP contribution in [0, 0.1) is 12.8 Å². The molecular formula is C19H25N3O3. The Hall–Kier alpha value is -2.34. The summed E-state index contributed by atoms with van der Waals surface area (Å²) >= 11 is 0. The normalized spacial score (nSPS) is 20.6. The highest BCUT2D eigenvalue weighted by Crippen LogP contribution is 2.34. The number of piperidine rings is 1. The average molecular weight is 343 g/mol. The van der Waals surface area contributed by atoms with E-state index in [1.807, 2.05) is 30.0 Å². The number of amides is 1. The number of ether oxygens (including phenoxy) is 1. The molecule has 2 atom stereocenters. The number of aliphatic hydroxyl groups is 1. The fourth-order valence-corrected chi connectivity index (χ4v) is 3.82. The number of carbonyl (C=O) groups excluding carboxylic acids is 1. The van der Waals surface area contributed by atoms with Gasteiger partial charge in [0.1, 0.15) is 5.56 Å². The Balaban J connectivity index is 1.81. The van der Waals surface area contributed by atoms with Crippen molar-refractivity contribution in [1.82, 2.24) is 14.7 Å². The third-order valence-electron chi connectivity index (χ3n) is 5.06. The number of methoxy groups -OCH3 is 1. The highest BCUT2D eigenvalue weighted by Gasteiger charge is 2.34. The molecule has 0 spiro atoms. The first kappa shape index (κ1) is 17.5.